The third-order valence-electron chi connectivity index (χ3n) is 3.75. The second-order valence-corrected chi connectivity index (χ2v) is 6.38. The predicted molar refractivity (Wildman–Crippen MR) is 64.9 cm³/mol. The van der Waals surface area contributed by atoms with Crippen molar-refractivity contribution in [3.8, 4) is 0 Å². The van der Waals surface area contributed by atoms with Gasteiger partial charge in [0.1, 0.15) is 0 Å². The molecule has 0 heterocycles. The van der Waals surface area contributed by atoms with Crippen LogP contribution in [0.1, 0.15) is 53.4 Å². The van der Waals surface area contributed by atoms with Crippen molar-refractivity contribution in [2.45, 2.75) is 58.9 Å². The SMILES string of the molecule is CC(C)CNC1(CO)CCC(C)(C)CC1. The van der Waals surface area contributed by atoms with E-state index in [9.17, 15) is 5.11 Å². The number of hydrogen-bond acceptors (Lipinski definition) is 2. The molecule has 0 aromatic carbocycles. The number of nitrogens with one attached hydrogen (secondary N) is 1. The molecule has 0 radical (unpaired) electrons. The lowest BCUT2D eigenvalue weighted by Crippen LogP contribution is -2.53. The third kappa shape index (κ3) is 3.76. The summed E-state index contributed by atoms with van der Waals surface area (Å²) in [6, 6.07) is 0. The Labute approximate surface area is 94.5 Å². The van der Waals surface area contributed by atoms with Gasteiger partial charge in [0.25, 0.3) is 0 Å². The molecular weight excluding hydrogens is 186 g/mol. The lowest BCUT2D eigenvalue weighted by Gasteiger charge is -2.43. The highest BCUT2D eigenvalue weighted by Crippen LogP contribution is 2.39. The van der Waals surface area contributed by atoms with Crippen LogP contribution in [0.2, 0.25) is 0 Å². The second kappa shape index (κ2) is 4.84. The first-order chi connectivity index (χ1) is 6.89. The van der Waals surface area contributed by atoms with E-state index < -0.39 is 0 Å². The minimum absolute atomic E-state index is 0.0137. The zero-order valence-corrected chi connectivity index (χ0v) is 10.8. The molecule has 0 saturated heterocycles. The average Bonchev–Trinajstić information content (AvgIpc) is 2.17. The molecule has 1 aliphatic carbocycles. The van der Waals surface area contributed by atoms with E-state index in [-0.39, 0.29) is 12.1 Å². The average molecular weight is 213 g/mol. The van der Waals surface area contributed by atoms with Crippen LogP contribution >= 0.6 is 0 Å². The molecule has 0 unspecified atom stereocenters. The van der Waals surface area contributed by atoms with Crippen molar-refractivity contribution in [2.75, 3.05) is 13.2 Å². The minimum atomic E-state index is 0.0137. The maximum Gasteiger partial charge on any atom is 0.0613 e. The third-order valence-corrected chi connectivity index (χ3v) is 3.75. The summed E-state index contributed by atoms with van der Waals surface area (Å²) in [4.78, 5) is 0. The maximum atomic E-state index is 9.56. The van der Waals surface area contributed by atoms with E-state index >= 15 is 0 Å². The van der Waals surface area contributed by atoms with Gasteiger partial charge in [-0.2, -0.15) is 0 Å². The van der Waals surface area contributed by atoms with Crippen LogP contribution in [0.25, 0.3) is 0 Å². The van der Waals surface area contributed by atoms with Gasteiger partial charge in [0.05, 0.1) is 6.61 Å². The van der Waals surface area contributed by atoms with Gasteiger partial charge < -0.3 is 10.4 Å². The Kier molecular flexibility index (Phi) is 4.19. The first-order valence-electron chi connectivity index (χ1n) is 6.25. The topological polar surface area (TPSA) is 32.3 Å². The molecule has 1 saturated carbocycles. The van der Waals surface area contributed by atoms with E-state index in [1.165, 1.54) is 12.8 Å². The quantitative estimate of drug-likeness (QED) is 0.752. The van der Waals surface area contributed by atoms with E-state index in [0.717, 1.165) is 19.4 Å². The van der Waals surface area contributed by atoms with Crippen LogP contribution in [0, 0.1) is 11.3 Å². The fraction of sp³-hybridized carbons (Fsp3) is 1.00. The van der Waals surface area contributed by atoms with E-state index in [2.05, 4.69) is 33.0 Å². The van der Waals surface area contributed by atoms with Gasteiger partial charge in [-0.15, -0.1) is 0 Å². The van der Waals surface area contributed by atoms with Gasteiger partial charge in [-0.25, -0.2) is 0 Å². The van der Waals surface area contributed by atoms with E-state index in [1.54, 1.807) is 0 Å². The molecule has 0 aromatic heterocycles. The van der Waals surface area contributed by atoms with Crippen molar-refractivity contribution in [1.29, 1.82) is 0 Å². The molecule has 0 aliphatic heterocycles. The summed E-state index contributed by atoms with van der Waals surface area (Å²) in [5.74, 6) is 0.656. The van der Waals surface area contributed by atoms with E-state index in [4.69, 9.17) is 0 Å². The number of rotatable bonds is 4. The van der Waals surface area contributed by atoms with Crippen molar-refractivity contribution < 1.29 is 5.11 Å². The Hall–Kier alpha value is -0.0800. The molecular formula is C13H27NO. The van der Waals surface area contributed by atoms with Crippen LogP contribution in [0.4, 0.5) is 0 Å². The lowest BCUT2D eigenvalue weighted by atomic mass is 9.69. The monoisotopic (exact) mass is 213 g/mol. The molecule has 1 rings (SSSR count). The molecule has 2 N–H and O–H groups in total. The highest BCUT2D eigenvalue weighted by Gasteiger charge is 2.37. The largest absolute Gasteiger partial charge is 0.394 e. The summed E-state index contributed by atoms with van der Waals surface area (Å²) in [6.07, 6.45) is 4.67. The smallest absolute Gasteiger partial charge is 0.0613 e. The molecule has 2 heteroatoms. The molecule has 1 fully saturated rings. The van der Waals surface area contributed by atoms with E-state index in [1.807, 2.05) is 0 Å². The summed E-state index contributed by atoms with van der Waals surface area (Å²) in [5.41, 5.74) is 0.484. The van der Waals surface area contributed by atoms with Gasteiger partial charge >= 0.3 is 0 Å². The summed E-state index contributed by atoms with van der Waals surface area (Å²) in [7, 11) is 0. The van der Waals surface area contributed by atoms with Crippen molar-refractivity contribution >= 4 is 0 Å². The Bertz CT molecular complexity index is 183. The van der Waals surface area contributed by atoms with Crippen molar-refractivity contribution in [1.82, 2.24) is 5.32 Å². The van der Waals surface area contributed by atoms with Crippen LogP contribution in [0.15, 0.2) is 0 Å². The van der Waals surface area contributed by atoms with Gasteiger partial charge in [-0.05, 0) is 43.6 Å². The van der Waals surface area contributed by atoms with Crippen LogP contribution < -0.4 is 5.32 Å². The Morgan fingerprint density at radius 3 is 2.07 bits per heavy atom. The molecule has 90 valence electrons. The molecule has 0 spiro atoms. The van der Waals surface area contributed by atoms with E-state index in [0.29, 0.717) is 11.3 Å². The van der Waals surface area contributed by atoms with Gasteiger partial charge in [0.2, 0.25) is 0 Å². The number of hydrogen-bond donors (Lipinski definition) is 2. The Morgan fingerprint density at radius 2 is 1.67 bits per heavy atom. The maximum absolute atomic E-state index is 9.56. The zero-order chi connectivity index (χ0) is 11.5. The van der Waals surface area contributed by atoms with Gasteiger partial charge in [-0.1, -0.05) is 27.7 Å². The molecule has 0 atom stereocenters. The standard InChI is InChI=1S/C13H27NO/c1-11(2)9-14-13(10-15)7-5-12(3,4)6-8-13/h11,14-15H,5-10H2,1-4H3. The number of aliphatic hydroxyl groups is 1. The Balaban J connectivity index is 2.49. The van der Waals surface area contributed by atoms with Crippen LogP contribution in [0.5, 0.6) is 0 Å². The predicted octanol–water partition coefficient (Wildman–Crippen LogP) is 2.56. The molecule has 0 bridgehead atoms. The summed E-state index contributed by atoms with van der Waals surface area (Å²) in [6.45, 7) is 10.4. The van der Waals surface area contributed by atoms with Gasteiger partial charge in [0.15, 0.2) is 0 Å². The molecule has 15 heavy (non-hydrogen) atoms. The summed E-state index contributed by atoms with van der Waals surface area (Å²) >= 11 is 0. The van der Waals surface area contributed by atoms with Crippen LogP contribution in [-0.4, -0.2) is 23.8 Å². The molecule has 0 aromatic rings. The fourth-order valence-electron chi connectivity index (χ4n) is 2.22. The number of aliphatic hydroxyl groups excluding tert-OH is 1. The lowest BCUT2D eigenvalue weighted by molar-refractivity contribution is 0.0740. The highest BCUT2D eigenvalue weighted by molar-refractivity contribution is 4.95. The fourth-order valence-corrected chi connectivity index (χ4v) is 2.22. The van der Waals surface area contributed by atoms with Gasteiger partial charge in [0, 0.05) is 5.54 Å². The van der Waals surface area contributed by atoms with Crippen molar-refractivity contribution in [3.63, 3.8) is 0 Å². The summed E-state index contributed by atoms with van der Waals surface area (Å²) < 4.78 is 0. The Morgan fingerprint density at radius 1 is 1.13 bits per heavy atom. The first-order valence-corrected chi connectivity index (χ1v) is 6.25. The van der Waals surface area contributed by atoms with Crippen LogP contribution in [-0.2, 0) is 0 Å². The van der Waals surface area contributed by atoms with Gasteiger partial charge in [-0.3, -0.25) is 0 Å². The molecule has 0 amide bonds. The second-order valence-electron chi connectivity index (χ2n) is 6.38. The zero-order valence-electron chi connectivity index (χ0n) is 10.8. The summed E-state index contributed by atoms with van der Waals surface area (Å²) in [5, 5.41) is 13.1. The first kappa shape index (κ1) is 13.0. The normalized spacial score (nSPS) is 24.4. The molecule has 1 aliphatic rings. The minimum Gasteiger partial charge on any atom is -0.394 e. The van der Waals surface area contributed by atoms with Crippen molar-refractivity contribution in [3.05, 3.63) is 0 Å². The van der Waals surface area contributed by atoms with Crippen molar-refractivity contribution in [2.24, 2.45) is 11.3 Å². The molecule has 2 nitrogen and oxygen atoms in total. The highest BCUT2D eigenvalue weighted by atomic mass is 16.3. The van der Waals surface area contributed by atoms with Crippen LogP contribution in [0.3, 0.4) is 0 Å².